The van der Waals surface area contributed by atoms with Crippen LogP contribution in [0.15, 0.2) is 0 Å². The van der Waals surface area contributed by atoms with E-state index in [4.69, 9.17) is 5.73 Å². The normalized spacial score (nSPS) is 26.2. The Kier molecular flexibility index (Phi) is 5.63. The molecule has 3 N–H and O–H groups in total. The zero-order valence-corrected chi connectivity index (χ0v) is 13.9. The molecule has 2 aliphatic rings. The second-order valence-corrected chi connectivity index (χ2v) is 7.57. The second kappa shape index (κ2) is 7.07. The van der Waals surface area contributed by atoms with E-state index in [1.807, 2.05) is 20.8 Å². The number of likely N-dealkylation sites (tertiary alicyclic amines) is 2. The van der Waals surface area contributed by atoms with Gasteiger partial charge >= 0.3 is 0 Å². The Bertz CT molecular complexity index is 347. The Balaban J connectivity index is 1.82. The lowest BCUT2D eigenvalue weighted by Crippen LogP contribution is -2.47. The van der Waals surface area contributed by atoms with Crippen LogP contribution >= 0.6 is 0 Å². The molecule has 0 spiro atoms. The molecule has 1 amide bonds. The first-order valence-electron chi connectivity index (χ1n) is 8.38. The number of hydrogen-bond donors (Lipinski definition) is 2. The van der Waals surface area contributed by atoms with Crippen LogP contribution in [0.3, 0.4) is 0 Å². The summed E-state index contributed by atoms with van der Waals surface area (Å²) in [6.45, 7) is 11.2. The van der Waals surface area contributed by atoms with Crippen molar-refractivity contribution < 1.29 is 4.79 Å². The van der Waals surface area contributed by atoms with E-state index in [1.54, 1.807) is 0 Å². The molecule has 0 bridgehead atoms. The number of nitrogens with zero attached hydrogens (tertiary/aromatic N) is 2. The molecule has 5 heteroatoms. The van der Waals surface area contributed by atoms with Crippen molar-refractivity contribution in [1.82, 2.24) is 15.1 Å². The maximum atomic E-state index is 12.1. The molecular formula is C16H32N4O. The number of carbonyl (C=O) groups is 1. The monoisotopic (exact) mass is 296 g/mol. The molecule has 2 saturated heterocycles. The fourth-order valence-corrected chi connectivity index (χ4v) is 3.55. The molecule has 2 fully saturated rings. The molecule has 0 aromatic heterocycles. The largest absolute Gasteiger partial charge is 0.351 e. The van der Waals surface area contributed by atoms with E-state index < -0.39 is 0 Å². The van der Waals surface area contributed by atoms with Gasteiger partial charge in [-0.05, 0) is 53.1 Å². The van der Waals surface area contributed by atoms with Gasteiger partial charge in [-0.3, -0.25) is 14.6 Å². The van der Waals surface area contributed by atoms with Crippen LogP contribution in [0.5, 0.6) is 0 Å². The minimum absolute atomic E-state index is 0.113. The van der Waals surface area contributed by atoms with Crippen LogP contribution in [0.25, 0.3) is 0 Å². The molecule has 0 saturated carbocycles. The molecule has 0 aliphatic carbocycles. The van der Waals surface area contributed by atoms with Gasteiger partial charge in [0, 0.05) is 43.7 Å². The molecule has 0 aromatic carbocycles. The third-order valence-electron chi connectivity index (χ3n) is 4.58. The van der Waals surface area contributed by atoms with Crippen LogP contribution in [0.1, 0.15) is 46.5 Å². The highest BCUT2D eigenvalue weighted by molar-refractivity contribution is 5.77. The molecule has 5 nitrogen and oxygen atoms in total. The Labute approximate surface area is 129 Å². The molecular weight excluding hydrogens is 264 g/mol. The van der Waals surface area contributed by atoms with Crippen molar-refractivity contribution in [2.24, 2.45) is 5.73 Å². The van der Waals surface area contributed by atoms with E-state index in [0.717, 1.165) is 13.1 Å². The third kappa shape index (κ3) is 4.94. The lowest BCUT2D eigenvalue weighted by molar-refractivity contribution is -0.123. The van der Waals surface area contributed by atoms with Gasteiger partial charge in [-0.15, -0.1) is 0 Å². The summed E-state index contributed by atoms with van der Waals surface area (Å²) in [4.78, 5) is 17.2. The first kappa shape index (κ1) is 16.7. The van der Waals surface area contributed by atoms with Gasteiger partial charge in [-0.25, -0.2) is 0 Å². The Morgan fingerprint density at radius 3 is 2.52 bits per heavy atom. The van der Waals surface area contributed by atoms with Gasteiger partial charge in [0.05, 0.1) is 0 Å². The van der Waals surface area contributed by atoms with Gasteiger partial charge in [-0.1, -0.05) is 0 Å². The third-order valence-corrected chi connectivity index (χ3v) is 4.58. The maximum Gasteiger partial charge on any atom is 0.222 e. The molecule has 2 unspecified atom stereocenters. The zero-order chi connectivity index (χ0) is 15.5. The van der Waals surface area contributed by atoms with Crippen LogP contribution in [0, 0.1) is 0 Å². The molecule has 0 aromatic rings. The number of carbonyl (C=O) groups excluding carboxylic acids is 1. The molecule has 2 rings (SSSR count). The molecule has 2 heterocycles. The standard InChI is InChI=1S/C16H32N4O/c1-16(2,3)18-15(21)10-14(11-17)20-9-6-13(12-20)19-7-4-5-8-19/h13-14H,4-12,17H2,1-3H3,(H,18,21). The fraction of sp³-hybridized carbons (Fsp3) is 0.938. The van der Waals surface area contributed by atoms with Gasteiger partial charge in [0.1, 0.15) is 0 Å². The Hall–Kier alpha value is -0.650. The maximum absolute atomic E-state index is 12.1. The van der Waals surface area contributed by atoms with Crippen molar-refractivity contribution in [2.45, 2.75) is 64.1 Å². The topological polar surface area (TPSA) is 61.6 Å². The quantitative estimate of drug-likeness (QED) is 0.787. The van der Waals surface area contributed by atoms with Crippen molar-refractivity contribution in [3.8, 4) is 0 Å². The summed E-state index contributed by atoms with van der Waals surface area (Å²) in [5.41, 5.74) is 5.76. The van der Waals surface area contributed by atoms with Gasteiger partial charge < -0.3 is 11.1 Å². The van der Waals surface area contributed by atoms with Crippen molar-refractivity contribution in [1.29, 1.82) is 0 Å². The van der Waals surface area contributed by atoms with Gasteiger partial charge in [0.15, 0.2) is 0 Å². The van der Waals surface area contributed by atoms with E-state index in [1.165, 1.54) is 32.4 Å². The van der Waals surface area contributed by atoms with Crippen molar-refractivity contribution in [3.63, 3.8) is 0 Å². The van der Waals surface area contributed by atoms with E-state index >= 15 is 0 Å². The van der Waals surface area contributed by atoms with Crippen LogP contribution in [0.4, 0.5) is 0 Å². The highest BCUT2D eigenvalue weighted by atomic mass is 16.1. The van der Waals surface area contributed by atoms with Crippen molar-refractivity contribution in [2.75, 3.05) is 32.7 Å². The fourth-order valence-electron chi connectivity index (χ4n) is 3.55. The molecule has 2 atom stereocenters. The van der Waals surface area contributed by atoms with E-state index in [2.05, 4.69) is 15.1 Å². The van der Waals surface area contributed by atoms with Crippen LogP contribution in [-0.2, 0) is 4.79 Å². The summed E-state index contributed by atoms with van der Waals surface area (Å²) < 4.78 is 0. The van der Waals surface area contributed by atoms with Gasteiger partial charge in [0.2, 0.25) is 5.91 Å². The van der Waals surface area contributed by atoms with E-state index in [9.17, 15) is 4.79 Å². The average molecular weight is 296 g/mol. The van der Waals surface area contributed by atoms with Crippen LogP contribution < -0.4 is 11.1 Å². The van der Waals surface area contributed by atoms with E-state index in [0.29, 0.717) is 19.0 Å². The number of nitrogens with two attached hydrogens (primary N) is 1. The van der Waals surface area contributed by atoms with Gasteiger partial charge in [0.25, 0.3) is 0 Å². The highest BCUT2D eigenvalue weighted by Gasteiger charge is 2.33. The molecule has 21 heavy (non-hydrogen) atoms. The highest BCUT2D eigenvalue weighted by Crippen LogP contribution is 2.22. The Morgan fingerprint density at radius 2 is 1.95 bits per heavy atom. The summed E-state index contributed by atoms with van der Waals surface area (Å²) in [6.07, 6.45) is 4.41. The van der Waals surface area contributed by atoms with Crippen LogP contribution in [0.2, 0.25) is 0 Å². The first-order valence-corrected chi connectivity index (χ1v) is 8.38. The van der Waals surface area contributed by atoms with E-state index in [-0.39, 0.29) is 17.5 Å². The summed E-state index contributed by atoms with van der Waals surface area (Å²) in [6, 6.07) is 0.854. The van der Waals surface area contributed by atoms with Crippen LogP contribution in [-0.4, -0.2) is 66.1 Å². The Morgan fingerprint density at radius 1 is 1.29 bits per heavy atom. The number of rotatable bonds is 5. The number of nitrogens with one attached hydrogen (secondary N) is 1. The lowest BCUT2D eigenvalue weighted by atomic mass is 10.1. The average Bonchev–Trinajstić information content (AvgIpc) is 3.03. The number of amides is 1. The summed E-state index contributed by atoms with van der Waals surface area (Å²) in [7, 11) is 0. The SMILES string of the molecule is CC(C)(C)NC(=O)CC(CN)N1CCC(N2CCCC2)C1. The zero-order valence-electron chi connectivity index (χ0n) is 13.9. The second-order valence-electron chi connectivity index (χ2n) is 7.57. The van der Waals surface area contributed by atoms with Gasteiger partial charge in [-0.2, -0.15) is 0 Å². The minimum Gasteiger partial charge on any atom is -0.351 e. The number of hydrogen-bond acceptors (Lipinski definition) is 4. The summed E-state index contributed by atoms with van der Waals surface area (Å²) in [5.74, 6) is 0.113. The predicted molar refractivity (Wildman–Crippen MR) is 86.1 cm³/mol. The molecule has 122 valence electrons. The predicted octanol–water partition coefficient (Wildman–Crippen LogP) is 0.789. The lowest BCUT2D eigenvalue weighted by Gasteiger charge is -2.29. The van der Waals surface area contributed by atoms with Crippen molar-refractivity contribution in [3.05, 3.63) is 0 Å². The summed E-state index contributed by atoms with van der Waals surface area (Å²) in [5, 5.41) is 3.04. The smallest absolute Gasteiger partial charge is 0.222 e. The molecule has 2 aliphatic heterocycles. The summed E-state index contributed by atoms with van der Waals surface area (Å²) >= 11 is 0. The minimum atomic E-state index is -0.167. The first-order chi connectivity index (χ1) is 9.89. The molecule has 0 radical (unpaired) electrons. The van der Waals surface area contributed by atoms with Crippen molar-refractivity contribution >= 4 is 5.91 Å².